The molecule has 0 bridgehead atoms. The summed E-state index contributed by atoms with van der Waals surface area (Å²) < 4.78 is 0. The van der Waals surface area contributed by atoms with Crippen molar-refractivity contribution in [3.05, 3.63) is 36.0 Å². The Kier molecular flexibility index (Phi) is 3.18. The number of carbonyl (C=O) groups excluding carboxylic acids is 2. The molecule has 104 valence electrons. The first-order valence-corrected chi connectivity index (χ1v) is 6.85. The summed E-state index contributed by atoms with van der Waals surface area (Å²) in [5.41, 5.74) is 6.83. The summed E-state index contributed by atoms with van der Waals surface area (Å²) in [6.45, 7) is 0.587. The van der Waals surface area contributed by atoms with Gasteiger partial charge in [-0.1, -0.05) is 12.1 Å². The molecule has 1 unspecified atom stereocenters. The number of hydrogen-bond acceptors (Lipinski definition) is 2. The molecule has 0 spiro atoms. The highest BCUT2D eigenvalue weighted by atomic mass is 16.2. The number of fused-ring (bicyclic) bond motifs is 1. The van der Waals surface area contributed by atoms with Crippen LogP contribution in [0.25, 0.3) is 10.9 Å². The summed E-state index contributed by atoms with van der Waals surface area (Å²) in [6.07, 6.45) is 4.31. The highest BCUT2D eigenvalue weighted by Gasteiger charge is 2.31. The lowest BCUT2D eigenvalue weighted by atomic mass is 10.00. The zero-order valence-electron chi connectivity index (χ0n) is 11.1. The zero-order valence-corrected chi connectivity index (χ0v) is 11.1. The number of likely N-dealkylation sites (tertiary alicyclic amines) is 1. The molecule has 1 aromatic carbocycles. The van der Waals surface area contributed by atoms with Crippen LogP contribution in [0.3, 0.4) is 0 Å². The summed E-state index contributed by atoms with van der Waals surface area (Å²) in [6, 6.07) is 7.03. The van der Waals surface area contributed by atoms with E-state index in [9.17, 15) is 9.59 Å². The molecule has 1 aromatic heterocycles. The smallest absolute Gasteiger partial charge is 0.256 e. The maximum absolute atomic E-state index is 12.7. The third-order valence-electron chi connectivity index (χ3n) is 3.91. The minimum atomic E-state index is -0.485. The SMILES string of the molecule is NC(=O)C1CCCCN1C(=O)c1cccc2cc[nH]c12. The Morgan fingerprint density at radius 3 is 2.90 bits per heavy atom. The van der Waals surface area contributed by atoms with Gasteiger partial charge in [0.15, 0.2) is 0 Å². The Morgan fingerprint density at radius 2 is 2.10 bits per heavy atom. The minimum Gasteiger partial charge on any atom is -0.368 e. The van der Waals surface area contributed by atoms with Crippen LogP contribution in [0, 0.1) is 0 Å². The van der Waals surface area contributed by atoms with Crippen LogP contribution >= 0.6 is 0 Å². The summed E-state index contributed by atoms with van der Waals surface area (Å²) in [5, 5.41) is 0.989. The number of piperidine rings is 1. The average molecular weight is 271 g/mol. The predicted octanol–water partition coefficient (Wildman–Crippen LogP) is 1.65. The van der Waals surface area contributed by atoms with E-state index in [1.807, 2.05) is 24.4 Å². The molecule has 1 aliphatic heterocycles. The van der Waals surface area contributed by atoms with Gasteiger partial charge in [0, 0.05) is 18.1 Å². The van der Waals surface area contributed by atoms with Crippen LogP contribution in [0.1, 0.15) is 29.6 Å². The summed E-state index contributed by atoms with van der Waals surface area (Å²) in [7, 11) is 0. The fourth-order valence-corrected chi connectivity index (χ4v) is 2.89. The lowest BCUT2D eigenvalue weighted by molar-refractivity contribution is -0.123. The first-order chi connectivity index (χ1) is 9.68. The Morgan fingerprint density at radius 1 is 1.25 bits per heavy atom. The third kappa shape index (κ3) is 2.05. The zero-order chi connectivity index (χ0) is 14.1. The van der Waals surface area contributed by atoms with E-state index in [4.69, 9.17) is 5.73 Å². The van der Waals surface area contributed by atoms with Gasteiger partial charge in [0.25, 0.3) is 5.91 Å². The Balaban J connectivity index is 1.98. The van der Waals surface area contributed by atoms with E-state index in [1.54, 1.807) is 11.0 Å². The van der Waals surface area contributed by atoms with Crippen molar-refractivity contribution in [2.24, 2.45) is 5.73 Å². The van der Waals surface area contributed by atoms with E-state index in [2.05, 4.69) is 4.98 Å². The van der Waals surface area contributed by atoms with Gasteiger partial charge in [0.1, 0.15) is 6.04 Å². The molecule has 2 aromatic rings. The van der Waals surface area contributed by atoms with Crippen LogP contribution in [0.2, 0.25) is 0 Å². The van der Waals surface area contributed by atoms with E-state index >= 15 is 0 Å². The van der Waals surface area contributed by atoms with Gasteiger partial charge in [0.2, 0.25) is 5.91 Å². The van der Waals surface area contributed by atoms with Gasteiger partial charge in [-0.15, -0.1) is 0 Å². The largest absolute Gasteiger partial charge is 0.368 e. The number of nitrogens with one attached hydrogen (secondary N) is 1. The topological polar surface area (TPSA) is 79.2 Å². The first kappa shape index (κ1) is 12.7. The fraction of sp³-hybridized carbons (Fsp3) is 0.333. The Labute approximate surface area is 116 Å². The number of primary amides is 1. The van der Waals surface area contributed by atoms with Gasteiger partial charge in [0.05, 0.1) is 11.1 Å². The standard InChI is InChI=1S/C15H17N3O2/c16-14(19)12-6-1-2-9-18(12)15(20)11-5-3-4-10-7-8-17-13(10)11/h3-5,7-8,12,17H,1-2,6,9H2,(H2,16,19). The van der Waals surface area contributed by atoms with E-state index in [0.29, 0.717) is 18.5 Å². The summed E-state index contributed by atoms with van der Waals surface area (Å²) in [4.78, 5) is 29.0. The monoisotopic (exact) mass is 271 g/mol. The van der Waals surface area contributed by atoms with Crippen molar-refractivity contribution in [3.63, 3.8) is 0 Å². The van der Waals surface area contributed by atoms with Crippen molar-refractivity contribution in [1.29, 1.82) is 0 Å². The average Bonchev–Trinajstić information content (AvgIpc) is 2.94. The van der Waals surface area contributed by atoms with Crippen molar-refractivity contribution >= 4 is 22.7 Å². The van der Waals surface area contributed by atoms with Crippen molar-refractivity contribution in [2.75, 3.05) is 6.54 Å². The molecule has 5 nitrogen and oxygen atoms in total. The molecule has 0 aliphatic carbocycles. The molecule has 1 saturated heterocycles. The van der Waals surface area contributed by atoms with E-state index in [0.717, 1.165) is 23.7 Å². The second kappa shape index (κ2) is 5.00. The molecular formula is C15H17N3O2. The van der Waals surface area contributed by atoms with E-state index in [1.165, 1.54) is 0 Å². The number of nitrogens with two attached hydrogens (primary N) is 1. The molecule has 0 saturated carbocycles. The molecule has 1 aliphatic rings. The van der Waals surface area contributed by atoms with Crippen LogP contribution in [-0.2, 0) is 4.79 Å². The highest BCUT2D eigenvalue weighted by molar-refractivity contribution is 6.06. The van der Waals surface area contributed by atoms with Gasteiger partial charge < -0.3 is 15.6 Å². The van der Waals surface area contributed by atoms with Gasteiger partial charge >= 0.3 is 0 Å². The Hall–Kier alpha value is -2.30. The van der Waals surface area contributed by atoms with Crippen LogP contribution in [0.15, 0.2) is 30.5 Å². The van der Waals surface area contributed by atoms with Crippen LogP contribution < -0.4 is 5.73 Å². The molecule has 2 amide bonds. The van der Waals surface area contributed by atoms with Crippen LogP contribution in [-0.4, -0.2) is 34.3 Å². The second-order valence-corrected chi connectivity index (χ2v) is 5.16. The maximum atomic E-state index is 12.7. The number of nitrogens with zero attached hydrogens (tertiary/aromatic N) is 1. The lowest BCUT2D eigenvalue weighted by Gasteiger charge is -2.33. The van der Waals surface area contributed by atoms with Crippen molar-refractivity contribution in [3.8, 4) is 0 Å². The van der Waals surface area contributed by atoms with Crippen LogP contribution in [0.5, 0.6) is 0 Å². The summed E-state index contributed by atoms with van der Waals surface area (Å²) in [5.74, 6) is -0.543. The normalized spacial score (nSPS) is 19.2. The van der Waals surface area contributed by atoms with Crippen molar-refractivity contribution in [1.82, 2.24) is 9.88 Å². The number of hydrogen-bond donors (Lipinski definition) is 2. The molecule has 20 heavy (non-hydrogen) atoms. The minimum absolute atomic E-state index is 0.124. The van der Waals surface area contributed by atoms with Gasteiger partial charge in [-0.25, -0.2) is 0 Å². The number of aromatic amines is 1. The van der Waals surface area contributed by atoms with Crippen molar-refractivity contribution < 1.29 is 9.59 Å². The lowest BCUT2D eigenvalue weighted by Crippen LogP contribution is -2.50. The number of amides is 2. The molecule has 1 fully saturated rings. The number of carbonyl (C=O) groups is 2. The molecule has 3 rings (SSSR count). The number of benzene rings is 1. The fourth-order valence-electron chi connectivity index (χ4n) is 2.89. The summed E-state index contributed by atoms with van der Waals surface area (Å²) >= 11 is 0. The maximum Gasteiger partial charge on any atom is 0.256 e. The van der Waals surface area contributed by atoms with Gasteiger partial charge in [-0.05, 0) is 31.4 Å². The molecule has 3 N–H and O–H groups in total. The third-order valence-corrected chi connectivity index (χ3v) is 3.91. The highest BCUT2D eigenvalue weighted by Crippen LogP contribution is 2.23. The molecule has 2 heterocycles. The number of rotatable bonds is 2. The molecule has 1 atom stereocenters. The van der Waals surface area contributed by atoms with Gasteiger partial charge in [-0.3, -0.25) is 9.59 Å². The van der Waals surface area contributed by atoms with Crippen molar-refractivity contribution in [2.45, 2.75) is 25.3 Å². The van der Waals surface area contributed by atoms with Gasteiger partial charge in [-0.2, -0.15) is 0 Å². The number of para-hydroxylation sites is 1. The first-order valence-electron chi connectivity index (χ1n) is 6.85. The van der Waals surface area contributed by atoms with E-state index < -0.39 is 11.9 Å². The van der Waals surface area contributed by atoms with E-state index in [-0.39, 0.29) is 5.91 Å². The quantitative estimate of drug-likeness (QED) is 0.871. The van der Waals surface area contributed by atoms with Crippen LogP contribution in [0.4, 0.5) is 0 Å². The molecule has 0 radical (unpaired) electrons. The number of H-pyrrole nitrogens is 1. The predicted molar refractivity (Wildman–Crippen MR) is 76.2 cm³/mol. The Bertz CT molecular complexity index is 662. The number of aromatic nitrogens is 1. The second-order valence-electron chi connectivity index (χ2n) is 5.16. The molecular weight excluding hydrogens is 254 g/mol. The molecule has 5 heteroatoms.